The van der Waals surface area contributed by atoms with Crippen molar-refractivity contribution in [2.75, 3.05) is 27.2 Å². The molecule has 1 aliphatic heterocycles. The van der Waals surface area contributed by atoms with Crippen LogP contribution in [-0.2, 0) is 5.41 Å². The van der Waals surface area contributed by atoms with Gasteiger partial charge in [0.25, 0.3) is 0 Å². The fourth-order valence-electron chi connectivity index (χ4n) is 5.34. The quantitative estimate of drug-likeness (QED) is 0.743. The Bertz CT molecular complexity index is 791. The van der Waals surface area contributed by atoms with Gasteiger partial charge in [-0.2, -0.15) is 0 Å². The topological polar surface area (TPSA) is 6.48 Å². The van der Waals surface area contributed by atoms with E-state index in [0.717, 1.165) is 13.1 Å². The minimum Gasteiger partial charge on any atom is -0.302 e. The molecule has 1 spiro atoms. The Morgan fingerprint density at radius 2 is 1.22 bits per heavy atom. The van der Waals surface area contributed by atoms with Crippen LogP contribution in [-0.4, -0.2) is 48.1 Å². The Kier molecular flexibility index (Phi) is 4.29. The van der Waals surface area contributed by atoms with E-state index >= 15 is 0 Å². The van der Waals surface area contributed by atoms with Crippen LogP contribution in [0, 0.1) is 0 Å². The van der Waals surface area contributed by atoms with Crippen molar-refractivity contribution in [1.82, 2.24) is 9.80 Å². The molecule has 0 N–H and O–H groups in total. The normalized spacial score (nSPS) is 19.4. The minimum absolute atomic E-state index is 0.114. The van der Waals surface area contributed by atoms with Crippen molar-refractivity contribution >= 4 is 0 Å². The van der Waals surface area contributed by atoms with Gasteiger partial charge < -0.3 is 4.90 Å². The van der Waals surface area contributed by atoms with Crippen LogP contribution in [0.25, 0.3) is 11.1 Å². The van der Waals surface area contributed by atoms with Crippen LogP contribution in [0.3, 0.4) is 0 Å². The first-order valence-corrected chi connectivity index (χ1v) is 10.3. The third kappa shape index (κ3) is 2.53. The van der Waals surface area contributed by atoms with Gasteiger partial charge in [-0.15, -0.1) is 0 Å². The number of fused-ring (bicyclic) bond motifs is 5. The first-order chi connectivity index (χ1) is 12.7. The second kappa shape index (κ2) is 6.18. The van der Waals surface area contributed by atoms with Gasteiger partial charge in [0.2, 0.25) is 0 Å². The first kappa shape index (κ1) is 18.7. The van der Waals surface area contributed by atoms with Gasteiger partial charge >= 0.3 is 0 Å². The summed E-state index contributed by atoms with van der Waals surface area (Å²) in [6.07, 6.45) is 2.40. The molecule has 2 aliphatic rings. The highest BCUT2D eigenvalue weighted by molar-refractivity contribution is 5.81. The molecule has 0 radical (unpaired) electrons. The lowest BCUT2D eigenvalue weighted by Gasteiger charge is -2.55. The first-order valence-electron chi connectivity index (χ1n) is 10.3. The smallest absolute Gasteiger partial charge is 0.0331 e. The zero-order valence-corrected chi connectivity index (χ0v) is 17.8. The van der Waals surface area contributed by atoms with Crippen LogP contribution in [0.4, 0.5) is 0 Å². The molecule has 1 saturated heterocycles. The van der Waals surface area contributed by atoms with Gasteiger partial charge in [-0.1, -0.05) is 48.5 Å². The Morgan fingerprint density at radius 1 is 0.778 bits per heavy atom. The Hall–Kier alpha value is -1.64. The van der Waals surface area contributed by atoms with Gasteiger partial charge in [0.15, 0.2) is 0 Å². The van der Waals surface area contributed by atoms with Gasteiger partial charge in [-0.3, -0.25) is 4.90 Å². The molecule has 2 aromatic rings. The lowest BCUT2D eigenvalue weighted by molar-refractivity contribution is -0.0311. The van der Waals surface area contributed by atoms with E-state index < -0.39 is 0 Å². The van der Waals surface area contributed by atoms with E-state index in [4.69, 9.17) is 0 Å². The number of benzene rings is 2. The molecule has 0 amide bonds. The summed E-state index contributed by atoms with van der Waals surface area (Å²) >= 11 is 0. The number of hydrogen-bond acceptors (Lipinski definition) is 2. The third-order valence-electron chi connectivity index (χ3n) is 8.20. The van der Waals surface area contributed by atoms with Crippen LogP contribution in [0.15, 0.2) is 48.5 Å². The van der Waals surface area contributed by atoms with E-state index in [9.17, 15) is 0 Å². The summed E-state index contributed by atoms with van der Waals surface area (Å²) in [6.45, 7) is 11.9. The molecule has 0 saturated carbocycles. The molecule has 2 nitrogen and oxygen atoms in total. The number of rotatable bonds is 3. The maximum Gasteiger partial charge on any atom is 0.0331 e. The Morgan fingerprint density at radius 3 is 1.67 bits per heavy atom. The van der Waals surface area contributed by atoms with Crippen molar-refractivity contribution in [2.24, 2.45) is 0 Å². The average molecular weight is 363 g/mol. The van der Waals surface area contributed by atoms with Crippen LogP contribution in [0.5, 0.6) is 0 Å². The monoisotopic (exact) mass is 362 g/mol. The predicted molar refractivity (Wildman–Crippen MR) is 115 cm³/mol. The van der Waals surface area contributed by atoms with Crippen LogP contribution >= 0.6 is 0 Å². The zero-order valence-electron chi connectivity index (χ0n) is 17.8. The zero-order chi connectivity index (χ0) is 19.4. The van der Waals surface area contributed by atoms with Crippen molar-refractivity contribution in [2.45, 2.75) is 57.0 Å². The largest absolute Gasteiger partial charge is 0.302 e. The fourth-order valence-corrected chi connectivity index (χ4v) is 5.34. The van der Waals surface area contributed by atoms with E-state index in [1.165, 1.54) is 24.0 Å². The maximum atomic E-state index is 2.72. The Balaban J connectivity index is 1.68. The van der Waals surface area contributed by atoms with Crippen molar-refractivity contribution < 1.29 is 0 Å². The SMILES string of the molecule is CN(C)C(C)(C)C(C)(C)N1CCC2(CC1)c1ccccc1-c1ccccc12. The molecule has 2 aromatic carbocycles. The number of likely N-dealkylation sites (N-methyl/N-ethyl adjacent to an activating group) is 1. The van der Waals surface area contributed by atoms with Crippen molar-refractivity contribution in [3.8, 4) is 11.1 Å². The number of piperidine rings is 1. The second-order valence-electron chi connectivity index (χ2n) is 9.67. The van der Waals surface area contributed by atoms with Crippen molar-refractivity contribution in [3.05, 3.63) is 59.7 Å². The van der Waals surface area contributed by atoms with Crippen LogP contribution < -0.4 is 0 Å². The lowest BCUT2D eigenvalue weighted by atomic mass is 9.69. The summed E-state index contributed by atoms with van der Waals surface area (Å²) in [5.74, 6) is 0. The highest BCUT2D eigenvalue weighted by Gasteiger charge is 2.49. The van der Waals surface area contributed by atoms with E-state index in [0.29, 0.717) is 0 Å². The van der Waals surface area contributed by atoms with Gasteiger partial charge in [0.05, 0.1) is 0 Å². The molecule has 0 aromatic heterocycles. The molecular formula is C25H34N2. The molecule has 144 valence electrons. The minimum atomic E-state index is 0.114. The van der Waals surface area contributed by atoms with Gasteiger partial charge in [0, 0.05) is 16.5 Å². The molecule has 4 rings (SSSR count). The molecule has 0 unspecified atom stereocenters. The number of likely N-dealkylation sites (tertiary alicyclic amines) is 1. The molecule has 2 heteroatoms. The summed E-state index contributed by atoms with van der Waals surface area (Å²) < 4.78 is 0. The van der Waals surface area contributed by atoms with Crippen molar-refractivity contribution in [1.29, 1.82) is 0 Å². The van der Waals surface area contributed by atoms with Crippen LogP contribution in [0.2, 0.25) is 0 Å². The van der Waals surface area contributed by atoms with Gasteiger partial charge in [-0.25, -0.2) is 0 Å². The van der Waals surface area contributed by atoms with Gasteiger partial charge in [0.1, 0.15) is 0 Å². The fraction of sp³-hybridized carbons (Fsp3) is 0.520. The van der Waals surface area contributed by atoms with Crippen LogP contribution in [0.1, 0.15) is 51.7 Å². The predicted octanol–water partition coefficient (Wildman–Crippen LogP) is 5.17. The summed E-state index contributed by atoms with van der Waals surface area (Å²) in [5, 5.41) is 0. The molecule has 27 heavy (non-hydrogen) atoms. The van der Waals surface area contributed by atoms with Gasteiger partial charge in [-0.05, 0) is 90.0 Å². The standard InChI is InChI=1S/C25H34N2/c1-23(2,26(5)6)24(3,4)27-17-15-25(16-18-27)21-13-9-7-11-19(21)20-12-8-10-14-22(20)25/h7-14H,15-18H2,1-6H3. The summed E-state index contributed by atoms with van der Waals surface area (Å²) in [7, 11) is 4.41. The molecular weight excluding hydrogens is 328 g/mol. The van der Waals surface area contributed by atoms with E-state index in [1.807, 2.05) is 0 Å². The molecule has 1 heterocycles. The van der Waals surface area contributed by atoms with E-state index in [1.54, 1.807) is 11.1 Å². The van der Waals surface area contributed by atoms with Crippen molar-refractivity contribution in [3.63, 3.8) is 0 Å². The summed E-state index contributed by atoms with van der Waals surface area (Å²) in [4.78, 5) is 5.10. The summed E-state index contributed by atoms with van der Waals surface area (Å²) in [6, 6.07) is 18.2. The molecule has 1 aliphatic carbocycles. The summed E-state index contributed by atoms with van der Waals surface area (Å²) in [5.41, 5.74) is 6.44. The number of hydrogen-bond donors (Lipinski definition) is 0. The second-order valence-corrected chi connectivity index (χ2v) is 9.67. The van der Waals surface area contributed by atoms with E-state index in [-0.39, 0.29) is 16.5 Å². The third-order valence-corrected chi connectivity index (χ3v) is 8.20. The maximum absolute atomic E-state index is 2.72. The number of nitrogens with zero attached hydrogens (tertiary/aromatic N) is 2. The molecule has 1 fully saturated rings. The Labute approximate surface area is 165 Å². The molecule has 0 atom stereocenters. The molecule has 0 bridgehead atoms. The highest BCUT2D eigenvalue weighted by atomic mass is 15.3. The lowest BCUT2D eigenvalue weighted by Crippen LogP contribution is -2.65. The average Bonchev–Trinajstić information content (AvgIpc) is 2.93. The highest BCUT2D eigenvalue weighted by Crippen LogP contribution is 2.54. The van der Waals surface area contributed by atoms with E-state index in [2.05, 4.69) is 100 Å².